The third kappa shape index (κ3) is 2.34. The van der Waals surface area contributed by atoms with Crippen LogP contribution in [0.25, 0.3) is 0 Å². The highest BCUT2D eigenvalue weighted by molar-refractivity contribution is 5.70. The second kappa shape index (κ2) is 5.85. The average molecular weight is 255 g/mol. The number of nitro benzene ring substituents is 1. The first-order chi connectivity index (χ1) is 8.60. The van der Waals surface area contributed by atoms with Crippen LogP contribution in [0, 0.1) is 10.1 Å². The number of nitrogens with zero attached hydrogens (tertiary/aromatic N) is 1. The Hall–Kier alpha value is -2.31. The largest absolute Gasteiger partial charge is 0.493 e. The molecular formula is C11H13NO6. The fraction of sp³-hybridized carbons (Fsp3) is 0.364. The van der Waals surface area contributed by atoms with Crippen molar-refractivity contribution in [3.8, 4) is 17.2 Å². The molecule has 0 heterocycles. The number of hydrogen-bond donors (Lipinski definition) is 0. The van der Waals surface area contributed by atoms with Crippen LogP contribution in [0.2, 0.25) is 0 Å². The molecule has 0 amide bonds. The van der Waals surface area contributed by atoms with E-state index in [0.717, 1.165) is 0 Å². The number of benzene rings is 1. The van der Waals surface area contributed by atoms with Gasteiger partial charge in [0.05, 0.1) is 37.9 Å². The van der Waals surface area contributed by atoms with E-state index >= 15 is 0 Å². The molecule has 0 aliphatic rings. The third-order valence-electron chi connectivity index (χ3n) is 2.38. The Bertz CT molecular complexity index is 471. The molecule has 0 aromatic heterocycles. The predicted octanol–water partition coefficient (Wildman–Crippen LogP) is 1.36. The summed E-state index contributed by atoms with van der Waals surface area (Å²) in [7, 11) is 4.04. The molecule has 0 aliphatic carbocycles. The first kappa shape index (κ1) is 13.8. The average Bonchev–Trinajstić information content (AvgIpc) is 2.37. The van der Waals surface area contributed by atoms with Gasteiger partial charge in [-0.05, 0) is 0 Å². The van der Waals surface area contributed by atoms with Gasteiger partial charge < -0.3 is 19.0 Å². The Labute approximate surface area is 103 Å². The second-order valence-electron chi connectivity index (χ2n) is 3.27. The van der Waals surface area contributed by atoms with Crippen LogP contribution in [-0.2, 0) is 11.2 Å². The lowest BCUT2D eigenvalue weighted by Crippen LogP contribution is -2.04. The third-order valence-corrected chi connectivity index (χ3v) is 2.38. The van der Waals surface area contributed by atoms with Gasteiger partial charge in [0, 0.05) is 6.42 Å². The number of nitro groups is 1. The quantitative estimate of drug-likeness (QED) is 0.433. The van der Waals surface area contributed by atoms with Gasteiger partial charge in [0.15, 0.2) is 11.5 Å². The molecule has 7 nitrogen and oxygen atoms in total. The van der Waals surface area contributed by atoms with E-state index in [-0.39, 0.29) is 29.4 Å². The topological polar surface area (TPSA) is 87.9 Å². The van der Waals surface area contributed by atoms with Crippen LogP contribution in [0.1, 0.15) is 5.56 Å². The zero-order chi connectivity index (χ0) is 13.7. The number of hydrogen-bond acceptors (Lipinski definition) is 6. The van der Waals surface area contributed by atoms with Crippen LogP contribution in [0.3, 0.4) is 0 Å². The van der Waals surface area contributed by atoms with E-state index < -0.39 is 4.92 Å². The number of carbonyl (C=O) groups excluding carboxylic acids is 1. The van der Waals surface area contributed by atoms with Gasteiger partial charge in [-0.15, -0.1) is 0 Å². The molecule has 0 spiro atoms. The number of rotatable bonds is 6. The lowest BCUT2D eigenvalue weighted by atomic mass is 10.1. The maximum atomic E-state index is 10.9. The van der Waals surface area contributed by atoms with Gasteiger partial charge in [0.25, 0.3) is 0 Å². The fourth-order valence-corrected chi connectivity index (χ4v) is 1.67. The molecule has 1 aromatic rings. The number of carbonyl (C=O) groups is 1. The van der Waals surface area contributed by atoms with E-state index in [9.17, 15) is 14.9 Å². The summed E-state index contributed by atoms with van der Waals surface area (Å²) >= 11 is 0. The highest BCUT2D eigenvalue weighted by atomic mass is 16.6. The van der Waals surface area contributed by atoms with Crippen LogP contribution in [0.4, 0.5) is 5.69 Å². The van der Waals surface area contributed by atoms with E-state index in [1.54, 1.807) is 0 Å². The first-order valence-corrected chi connectivity index (χ1v) is 5.00. The maximum absolute atomic E-state index is 10.9. The summed E-state index contributed by atoms with van der Waals surface area (Å²) in [6.45, 7) is 0. The van der Waals surface area contributed by atoms with E-state index in [1.807, 2.05) is 0 Å². The SMILES string of the molecule is COc1cc([N+](=O)[O-])c(OC)c(CC=O)c1OC. The molecular weight excluding hydrogens is 242 g/mol. The summed E-state index contributed by atoms with van der Waals surface area (Å²) in [5.41, 5.74) is 0.0213. The molecule has 0 saturated heterocycles. The van der Waals surface area contributed by atoms with Crippen molar-refractivity contribution in [2.24, 2.45) is 0 Å². The van der Waals surface area contributed by atoms with Crippen LogP contribution >= 0.6 is 0 Å². The minimum Gasteiger partial charge on any atom is -0.493 e. The molecule has 0 fully saturated rings. The van der Waals surface area contributed by atoms with Crippen LogP contribution in [0.5, 0.6) is 17.2 Å². The molecule has 0 aliphatic heterocycles. The summed E-state index contributed by atoms with van der Waals surface area (Å²) in [5, 5.41) is 10.9. The summed E-state index contributed by atoms with van der Waals surface area (Å²) in [5.74, 6) is 0.443. The molecule has 7 heteroatoms. The van der Waals surface area contributed by atoms with Gasteiger partial charge in [-0.25, -0.2) is 0 Å². The Morgan fingerprint density at radius 1 is 1.22 bits per heavy atom. The van der Waals surface area contributed by atoms with Crippen molar-refractivity contribution in [2.75, 3.05) is 21.3 Å². The van der Waals surface area contributed by atoms with Crippen molar-refractivity contribution in [3.63, 3.8) is 0 Å². The van der Waals surface area contributed by atoms with E-state index in [1.165, 1.54) is 27.4 Å². The van der Waals surface area contributed by atoms with Gasteiger partial charge in [0.2, 0.25) is 5.75 Å². The Kier molecular flexibility index (Phi) is 4.47. The molecule has 0 saturated carbocycles. The van der Waals surface area contributed by atoms with E-state index in [0.29, 0.717) is 11.8 Å². The lowest BCUT2D eigenvalue weighted by Gasteiger charge is -2.14. The zero-order valence-corrected chi connectivity index (χ0v) is 10.3. The number of methoxy groups -OCH3 is 3. The van der Waals surface area contributed by atoms with Crippen molar-refractivity contribution in [3.05, 3.63) is 21.7 Å². The lowest BCUT2D eigenvalue weighted by molar-refractivity contribution is -0.385. The van der Waals surface area contributed by atoms with Crippen molar-refractivity contribution in [1.82, 2.24) is 0 Å². The van der Waals surface area contributed by atoms with Gasteiger partial charge in [-0.3, -0.25) is 10.1 Å². The molecule has 0 bridgehead atoms. The summed E-state index contributed by atoms with van der Waals surface area (Å²) in [6, 6.07) is 1.20. The molecule has 98 valence electrons. The smallest absolute Gasteiger partial charge is 0.315 e. The summed E-state index contributed by atoms with van der Waals surface area (Å²) in [4.78, 5) is 21.0. The number of aldehydes is 1. The summed E-state index contributed by atoms with van der Waals surface area (Å²) in [6.07, 6.45) is 0.550. The van der Waals surface area contributed by atoms with Crippen LogP contribution < -0.4 is 14.2 Å². The molecule has 1 aromatic carbocycles. The predicted molar refractivity (Wildman–Crippen MR) is 62.5 cm³/mol. The van der Waals surface area contributed by atoms with Gasteiger partial charge >= 0.3 is 5.69 Å². The maximum Gasteiger partial charge on any atom is 0.315 e. The molecule has 0 N–H and O–H groups in total. The Morgan fingerprint density at radius 2 is 1.83 bits per heavy atom. The summed E-state index contributed by atoms with van der Waals surface area (Å²) < 4.78 is 15.1. The van der Waals surface area contributed by atoms with Crippen LogP contribution in [-0.4, -0.2) is 32.5 Å². The van der Waals surface area contributed by atoms with Crippen molar-refractivity contribution < 1.29 is 23.9 Å². The zero-order valence-electron chi connectivity index (χ0n) is 10.3. The Morgan fingerprint density at radius 3 is 2.22 bits per heavy atom. The van der Waals surface area contributed by atoms with E-state index in [4.69, 9.17) is 14.2 Å². The standard InChI is InChI=1S/C11H13NO6/c1-16-9-6-8(12(14)15)10(17-2)7(4-5-13)11(9)18-3/h5-6H,4H2,1-3H3. The van der Waals surface area contributed by atoms with Gasteiger partial charge in [-0.1, -0.05) is 0 Å². The normalized spacial score (nSPS) is 9.72. The minimum atomic E-state index is -0.602. The second-order valence-corrected chi connectivity index (χ2v) is 3.27. The highest BCUT2D eigenvalue weighted by Crippen LogP contribution is 2.44. The van der Waals surface area contributed by atoms with Crippen LogP contribution in [0.15, 0.2) is 6.07 Å². The molecule has 0 radical (unpaired) electrons. The monoisotopic (exact) mass is 255 g/mol. The molecule has 1 rings (SSSR count). The Balaban J connectivity index is 3.62. The van der Waals surface area contributed by atoms with E-state index in [2.05, 4.69) is 0 Å². The van der Waals surface area contributed by atoms with Crippen molar-refractivity contribution >= 4 is 12.0 Å². The highest BCUT2D eigenvalue weighted by Gasteiger charge is 2.26. The molecule has 0 atom stereocenters. The van der Waals surface area contributed by atoms with Crippen molar-refractivity contribution in [1.29, 1.82) is 0 Å². The van der Waals surface area contributed by atoms with Crippen molar-refractivity contribution in [2.45, 2.75) is 6.42 Å². The fourth-order valence-electron chi connectivity index (χ4n) is 1.67. The van der Waals surface area contributed by atoms with Gasteiger partial charge in [-0.2, -0.15) is 0 Å². The first-order valence-electron chi connectivity index (χ1n) is 5.00. The number of ether oxygens (including phenoxy) is 3. The minimum absolute atomic E-state index is 0.00440. The molecule has 18 heavy (non-hydrogen) atoms. The molecule has 0 unspecified atom stereocenters. The van der Waals surface area contributed by atoms with Gasteiger partial charge in [0.1, 0.15) is 6.29 Å².